The average Bonchev–Trinajstić information content (AvgIpc) is 3.13. The highest BCUT2D eigenvalue weighted by molar-refractivity contribution is 5.96. The van der Waals surface area contributed by atoms with E-state index < -0.39 is 11.5 Å². The van der Waals surface area contributed by atoms with Crippen LogP contribution < -0.4 is 0 Å². The van der Waals surface area contributed by atoms with Gasteiger partial charge in [-0.3, -0.25) is 9.59 Å². The summed E-state index contributed by atoms with van der Waals surface area (Å²) in [6, 6.07) is 1.80. The van der Waals surface area contributed by atoms with E-state index in [0.717, 1.165) is 24.0 Å². The maximum Gasteiger partial charge on any atom is 0.175 e. The van der Waals surface area contributed by atoms with Crippen molar-refractivity contribution in [3.63, 3.8) is 0 Å². The number of fused-ring (bicyclic) bond motifs is 2. The molecule has 2 aliphatic carbocycles. The molecule has 0 bridgehead atoms. The molecule has 1 saturated carbocycles. The predicted octanol–water partition coefficient (Wildman–Crippen LogP) is 3.49. The van der Waals surface area contributed by atoms with Gasteiger partial charge in [0.15, 0.2) is 11.6 Å². The average molecular weight is 314 g/mol. The Morgan fingerprint density at radius 1 is 1.26 bits per heavy atom. The molecular weight excluding hydrogens is 292 g/mol. The van der Waals surface area contributed by atoms with Crippen LogP contribution >= 0.6 is 0 Å². The Morgan fingerprint density at radius 3 is 2.83 bits per heavy atom. The molecule has 1 aromatic heterocycles. The third-order valence-electron chi connectivity index (χ3n) is 6.36. The Kier molecular flexibility index (Phi) is 3.34. The molecule has 0 amide bonds. The minimum atomic E-state index is -0.545. The van der Waals surface area contributed by atoms with Crippen molar-refractivity contribution in [3.8, 4) is 0 Å². The SMILES string of the molecule is CC1=CC(=O)CC2C1CCC(C)C21COC(c2ccoc2)C1=O. The van der Waals surface area contributed by atoms with E-state index >= 15 is 0 Å². The molecule has 0 N–H and O–H groups in total. The lowest BCUT2D eigenvalue weighted by Crippen LogP contribution is -2.52. The number of ether oxygens (including phenoxy) is 1. The molecule has 23 heavy (non-hydrogen) atoms. The van der Waals surface area contributed by atoms with E-state index in [2.05, 4.69) is 6.92 Å². The zero-order chi connectivity index (χ0) is 16.2. The number of allylic oxidation sites excluding steroid dienone is 2. The summed E-state index contributed by atoms with van der Waals surface area (Å²) in [5.74, 6) is 0.944. The van der Waals surface area contributed by atoms with Gasteiger partial charge >= 0.3 is 0 Å². The lowest BCUT2D eigenvalue weighted by Gasteiger charge is -2.49. The normalized spacial score (nSPS) is 40.3. The molecule has 4 rings (SSSR count). The van der Waals surface area contributed by atoms with Gasteiger partial charge in [0.2, 0.25) is 0 Å². The highest BCUT2D eigenvalue weighted by Gasteiger charge is 2.61. The van der Waals surface area contributed by atoms with Gasteiger partial charge in [0, 0.05) is 12.0 Å². The Hall–Kier alpha value is -1.68. The summed E-state index contributed by atoms with van der Waals surface area (Å²) in [7, 11) is 0. The van der Waals surface area contributed by atoms with Crippen LogP contribution in [0.4, 0.5) is 0 Å². The molecule has 122 valence electrons. The van der Waals surface area contributed by atoms with E-state index in [1.165, 1.54) is 0 Å². The van der Waals surface area contributed by atoms with Gasteiger partial charge in [-0.15, -0.1) is 0 Å². The standard InChI is InChI=1S/C19H22O4/c1-11-7-14(20)8-16-15(11)4-3-12(2)19(16)10-23-17(18(19)21)13-5-6-22-9-13/h5-7,9,12,15-17H,3-4,8,10H2,1-2H3. The van der Waals surface area contributed by atoms with Crippen LogP contribution in [0.3, 0.4) is 0 Å². The minimum Gasteiger partial charge on any atom is -0.472 e. The first-order valence-electron chi connectivity index (χ1n) is 8.43. The van der Waals surface area contributed by atoms with E-state index in [1.807, 2.05) is 6.92 Å². The van der Waals surface area contributed by atoms with E-state index in [0.29, 0.717) is 18.9 Å². The van der Waals surface area contributed by atoms with Crippen LogP contribution in [0, 0.1) is 23.2 Å². The van der Waals surface area contributed by atoms with Crippen LogP contribution in [0.25, 0.3) is 0 Å². The Bertz CT molecular complexity index is 672. The van der Waals surface area contributed by atoms with Crippen LogP contribution in [-0.4, -0.2) is 18.2 Å². The molecule has 0 aromatic carbocycles. The van der Waals surface area contributed by atoms with Crippen molar-refractivity contribution < 1.29 is 18.7 Å². The third kappa shape index (κ3) is 2.01. The molecule has 1 aromatic rings. The van der Waals surface area contributed by atoms with Crippen LogP contribution in [0.5, 0.6) is 0 Å². The number of carbonyl (C=O) groups excluding carboxylic acids is 2. The molecular formula is C19H22O4. The quantitative estimate of drug-likeness (QED) is 0.796. The van der Waals surface area contributed by atoms with Gasteiger partial charge in [-0.05, 0) is 49.7 Å². The third-order valence-corrected chi connectivity index (χ3v) is 6.36. The summed E-state index contributed by atoms with van der Waals surface area (Å²) in [5.41, 5.74) is 1.39. The number of carbonyl (C=O) groups is 2. The molecule has 1 saturated heterocycles. The number of Topliss-reactive ketones (excluding diaryl/α,β-unsaturated/α-hetero) is 1. The smallest absolute Gasteiger partial charge is 0.175 e. The largest absolute Gasteiger partial charge is 0.472 e. The molecule has 5 unspecified atom stereocenters. The first-order valence-corrected chi connectivity index (χ1v) is 8.43. The highest BCUT2D eigenvalue weighted by atomic mass is 16.5. The van der Waals surface area contributed by atoms with Crippen molar-refractivity contribution in [2.75, 3.05) is 6.61 Å². The second-order valence-corrected chi connectivity index (χ2v) is 7.40. The molecule has 3 aliphatic rings. The summed E-state index contributed by atoms with van der Waals surface area (Å²) in [6.07, 6.45) is 6.93. The number of ketones is 2. The molecule has 5 atom stereocenters. The lowest BCUT2D eigenvalue weighted by atomic mass is 9.52. The van der Waals surface area contributed by atoms with Crippen molar-refractivity contribution in [2.24, 2.45) is 23.2 Å². The minimum absolute atomic E-state index is 0.0770. The fourth-order valence-electron chi connectivity index (χ4n) is 5.08. The van der Waals surface area contributed by atoms with Gasteiger partial charge in [0.25, 0.3) is 0 Å². The van der Waals surface area contributed by atoms with Crippen LogP contribution in [-0.2, 0) is 14.3 Å². The van der Waals surface area contributed by atoms with Gasteiger partial charge in [-0.2, -0.15) is 0 Å². The molecule has 4 nitrogen and oxygen atoms in total. The van der Waals surface area contributed by atoms with Gasteiger partial charge in [0.05, 0.1) is 24.5 Å². The topological polar surface area (TPSA) is 56.5 Å². The van der Waals surface area contributed by atoms with Crippen molar-refractivity contribution >= 4 is 11.6 Å². The van der Waals surface area contributed by atoms with Crippen molar-refractivity contribution in [3.05, 3.63) is 35.8 Å². The summed E-state index contributed by atoms with van der Waals surface area (Å²) in [4.78, 5) is 25.5. The summed E-state index contributed by atoms with van der Waals surface area (Å²) in [5, 5.41) is 0. The fourth-order valence-corrected chi connectivity index (χ4v) is 5.08. The summed E-state index contributed by atoms with van der Waals surface area (Å²) < 4.78 is 11.1. The molecule has 2 heterocycles. The van der Waals surface area contributed by atoms with Crippen molar-refractivity contribution in [1.82, 2.24) is 0 Å². The highest BCUT2D eigenvalue weighted by Crippen LogP contribution is 2.58. The van der Waals surface area contributed by atoms with Crippen molar-refractivity contribution in [1.29, 1.82) is 0 Å². The Morgan fingerprint density at radius 2 is 2.09 bits per heavy atom. The zero-order valence-corrected chi connectivity index (χ0v) is 13.6. The lowest BCUT2D eigenvalue weighted by molar-refractivity contribution is -0.138. The molecule has 0 radical (unpaired) electrons. The van der Waals surface area contributed by atoms with E-state index in [1.54, 1.807) is 24.7 Å². The molecule has 4 heteroatoms. The Labute approximate surface area is 135 Å². The van der Waals surface area contributed by atoms with Crippen LogP contribution in [0.2, 0.25) is 0 Å². The predicted molar refractivity (Wildman–Crippen MR) is 83.6 cm³/mol. The van der Waals surface area contributed by atoms with Gasteiger partial charge in [-0.1, -0.05) is 12.5 Å². The number of rotatable bonds is 1. The molecule has 1 spiro atoms. The monoisotopic (exact) mass is 314 g/mol. The number of furan rings is 1. The maximum absolute atomic E-state index is 13.4. The van der Waals surface area contributed by atoms with Gasteiger partial charge in [0.1, 0.15) is 6.10 Å². The first-order chi connectivity index (χ1) is 11.0. The number of hydrogen-bond acceptors (Lipinski definition) is 4. The second kappa shape index (κ2) is 5.17. The van der Waals surface area contributed by atoms with Gasteiger partial charge in [-0.25, -0.2) is 0 Å². The zero-order valence-electron chi connectivity index (χ0n) is 13.6. The fraction of sp³-hybridized carbons (Fsp3) is 0.579. The first kappa shape index (κ1) is 14.9. The molecule has 1 aliphatic heterocycles. The van der Waals surface area contributed by atoms with Crippen LogP contribution in [0.1, 0.15) is 44.8 Å². The van der Waals surface area contributed by atoms with Crippen molar-refractivity contribution in [2.45, 2.75) is 39.2 Å². The van der Waals surface area contributed by atoms with Gasteiger partial charge < -0.3 is 9.15 Å². The van der Waals surface area contributed by atoms with E-state index in [-0.39, 0.29) is 23.4 Å². The molecule has 2 fully saturated rings. The van der Waals surface area contributed by atoms with Crippen LogP contribution in [0.15, 0.2) is 34.7 Å². The second-order valence-electron chi connectivity index (χ2n) is 7.40. The maximum atomic E-state index is 13.4. The summed E-state index contributed by atoms with van der Waals surface area (Å²) >= 11 is 0. The van der Waals surface area contributed by atoms with E-state index in [4.69, 9.17) is 9.15 Å². The Balaban J connectivity index is 1.75. The summed E-state index contributed by atoms with van der Waals surface area (Å²) in [6.45, 7) is 4.60. The number of hydrogen-bond donors (Lipinski definition) is 0. The van der Waals surface area contributed by atoms with E-state index in [9.17, 15) is 9.59 Å².